The van der Waals surface area contributed by atoms with Crippen molar-refractivity contribution in [1.82, 2.24) is 5.32 Å². The van der Waals surface area contributed by atoms with E-state index in [1.165, 1.54) is 12.1 Å². The van der Waals surface area contributed by atoms with E-state index in [1.807, 2.05) is 6.92 Å². The number of halogens is 3. The van der Waals surface area contributed by atoms with Crippen molar-refractivity contribution < 1.29 is 9.18 Å². The number of hydrogen-bond donors (Lipinski definition) is 2. The molecule has 0 aliphatic carbocycles. The van der Waals surface area contributed by atoms with E-state index in [0.29, 0.717) is 13.1 Å². The highest BCUT2D eigenvalue weighted by Crippen LogP contribution is 2.19. The van der Waals surface area contributed by atoms with Gasteiger partial charge in [0.05, 0.1) is 6.42 Å². The maximum Gasteiger partial charge on any atom is 0.224 e. The van der Waals surface area contributed by atoms with E-state index in [1.54, 1.807) is 6.07 Å². The van der Waals surface area contributed by atoms with Gasteiger partial charge in [0.25, 0.3) is 0 Å². The second kappa shape index (κ2) is 8.29. The summed E-state index contributed by atoms with van der Waals surface area (Å²) >= 11 is 5.82. The minimum absolute atomic E-state index is 0. The molecule has 3 nitrogen and oxygen atoms in total. The molecule has 0 aliphatic heterocycles. The van der Waals surface area contributed by atoms with Crippen molar-refractivity contribution in [2.45, 2.75) is 13.3 Å². The number of amides is 1. The third kappa shape index (κ3) is 5.21. The van der Waals surface area contributed by atoms with Crippen LogP contribution in [-0.4, -0.2) is 19.0 Å². The van der Waals surface area contributed by atoms with Crippen molar-refractivity contribution >= 4 is 29.9 Å². The lowest BCUT2D eigenvalue weighted by Crippen LogP contribution is -2.32. The second-order valence-corrected chi connectivity index (χ2v) is 4.43. The van der Waals surface area contributed by atoms with Gasteiger partial charge in [0.1, 0.15) is 5.82 Å². The van der Waals surface area contributed by atoms with Crippen LogP contribution in [-0.2, 0) is 11.2 Å². The Bertz CT molecular complexity index is 381. The molecule has 0 heterocycles. The number of carbonyl (C=O) groups excluding carboxylic acids is 1. The van der Waals surface area contributed by atoms with Crippen LogP contribution in [0.4, 0.5) is 4.39 Å². The van der Waals surface area contributed by atoms with Crippen LogP contribution < -0.4 is 11.1 Å². The van der Waals surface area contributed by atoms with Gasteiger partial charge in [0.2, 0.25) is 5.91 Å². The highest BCUT2D eigenvalue weighted by Gasteiger charge is 2.12. The van der Waals surface area contributed by atoms with Gasteiger partial charge in [-0.15, -0.1) is 12.4 Å². The lowest BCUT2D eigenvalue weighted by Gasteiger charge is -2.11. The Morgan fingerprint density at radius 1 is 1.56 bits per heavy atom. The zero-order chi connectivity index (χ0) is 12.8. The summed E-state index contributed by atoms with van der Waals surface area (Å²) in [6, 6.07) is 4.36. The Hall–Kier alpha value is -0.840. The Balaban J connectivity index is 0.00000289. The van der Waals surface area contributed by atoms with Crippen molar-refractivity contribution in [3.63, 3.8) is 0 Å². The van der Waals surface area contributed by atoms with E-state index in [2.05, 4.69) is 5.32 Å². The predicted octanol–water partition coefficient (Wildman–Crippen LogP) is 2.15. The van der Waals surface area contributed by atoms with Gasteiger partial charge >= 0.3 is 0 Å². The lowest BCUT2D eigenvalue weighted by molar-refractivity contribution is -0.120. The third-order valence-electron chi connectivity index (χ3n) is 2.45. The van der Waals surface area contributed by atoms with Gasteiger partial charge < -0.3 is 11.1 Å². The molecule has 1 amide bonds. The molecule has 0 saturated heterocycles. The average molecular weight is 295 g/mol. The SMILES string of the molecule is CC(CN)CNC(=O)Cc1c(F)cccc1Cl.Cl. The Kier molecular flexibility index (Phi) is 7.91. The quantitative estimate of drug-likeness (QED) is 0.874. The molecule has 102 valence electrons. The maximum absolute atomic E-state index is 13.4. The zero-order valence-electron chi connectivity index (χ0n) is 10.1. The first-order valence-corrected chi connectivity index (χ1v) is 5.82. The van der Waals surface area contributed by atoms with Gasteiger partial charge in [0, 0.05) is 17.1 Å². The van der Waals surface area contributed by atoms with Crippen molar-refractivity contribution in [2.24, 2.45) is 11.7 Å². The third-order valence-corrected chi connectivity index (χ3v) is 2.80. The Morgan fingerprint density at radius 2 is 2.22 bits per heavy atom. The first-order valence-electron chi connectivity index (χ1n) is 5.44. The van der Waals surface area contributed by atoms with Gasteiger partial charge in [-0.1, -0.05) is 24.6 Å². The largest absolute Gasteiger partial charge is 0.355 e. The summed E-state index contributed by atoms with van der Waals surface area (Å²) in [5.41, 5.74) is 5.66. The number of nitrogens with one attached hydrogen (secondary N) is 1. The summed E-state index contributed by atoms with van der Waals surface area (Å²) in [5.74, 6) is -0.508. The number of rotatable bonds is 5. The van der Waals surface area contributed by atoms with Crippen LogP contribution in [0.1, 0.15) is 12.5 Å². The average Bonchev–Trinajstić information content (AvgIpc) is 2.31. The first-order chi connectivity index (χ1) is 8.04. The van der Waals surface area contributed by atoms with E-state index in [-0.39, 0.29) is 41.2 Å². The van der Waals surface area contributed by atoms with Gasteiger partial charge in [-0.2, -0.15) is 0 Å². The van der Waals surface area contributed by atoms with Gasteiger partial charge in [-0.3, -0.25) is 4.79 Å². The molecular formula is C12H17Cl2FN2O. The van der Waals surface area contributed by atoms with E-state index in [9.17, 15) is 9.18 Å². The minimum atomic E-state index is -0.459. The summed E-state index contributed by atoms with van der Waals surface area (Å²) in [6.07, 6.45) is -0.0528. The fourth-order valence-corrected chi connectivity index (χ4v) is 1.53. The highest BCUT2D eigenvalue weighted by atomic mass is 35.5. The Morgan fingerprint density at radius 3 is 2.78 bits per heavy atom. The zero-order valence-corrected chi connectivity index (χ0v) is 11.7. The molecule has 0 aliphatic rings. The lowest BCUT2D eigenvalue weighted by atomic mass is 10.1. The molecule has 0 aromatic heterocycles. The van der Waals surface area contributed by atoms with Crippen LogP contribution in [0, 0.1) is 11.7 Å². The molecule has 0 spiro atoms. The summed E-state index contributed by atoms with van der Waals surface area (Å²) < 4.78 is 13.4. The monoisotopic (exact) mass is 294 g/mol. The number of carbonyl (C=O) groups is 1. The van der Waals surface area contributed by atoms with E-state index < -0.39 is 5.82 Å². The van der Waals surface area contributed by atoms with Crippen LogP contribution in [0.2, 0.25) is 5.02 Å². The number of nitrogens with two attached hydrogens (primary N) is 1. The molecule has 0 fully saturated rings. The summed E-state index contributed by atoms with van der Waals surface area (Å²) in [4.78, 5) is 11.6. The molecule has 1 aromatic rings. The van der Waals surface area contributed by atoms with Crippen molar-refractivity contribution in [3.8, 4) is 0 Å². The van der Waals surface area contributed by atoms with Crippen molar-refractivity contribution in [2.75, 3.05) is 13.1 Å². The fraction of sp³-hybridized carbons (Fsp3) is 0.417. The van der Waals surface area contributed by atoms with Crippen LogP contribution >= 0.6 is 24.0 Å². The Labute approximate surface area is 117 Å². The minimum Gasteiger partial charge on any atom is -0.355 e. The van der Waals surface area contributed by atoms with Gasteiger partial charge in [-0.05, 0) is 24.6 Å². The predicted molar refractivity (Wildman–Crippen MR) is 73.6 cm³/mol. The second-order valence-electron chi connectivity index (χ2n) is 4.02. The van der Waals surface area contributed by atoms with Crippen molar-refractivity contribution in [3.05, 3.63) is 34.6 Å². The van der Waals surface area contributed by atoms with Gasteiger partial charge in [0.15, 0.2) is 0 Å². The molecule has 1 rings (SSSR count). The van der Waals surface area contributed by atoms with Crippen LogP contribution in [0.15, 0.2) is 18.2 Å². The standard InChI is InChI=1S/C12H16ClFN2O.ClH/c1-8(6-15)7-16-12(17)5-9-10(13)3-2-4-11(9)14;/h2-4,8H,5-7,15H2,1H3,(H,16,17);1H. The van der Waals surface area contributed by atoms with E-state index >= 15 is 0 Å². The van der Waals surface area contributed by atoms with Crippen LogP contribution in [0.25, 0.3) is 0 Å². The molecule has 1 aromatic carbocycles. The maximum atomic E-state index is 13.4. The molecule has 3 N–H and O–H groups in total. The molecule has 0 saturated carbocycles. The van der Waals surface area contributed by atoms with Crippen LogP contribution in [0.5, 0.6) is 0 Å². The molecule has 1 unspecified atom stereocenters. The smallest absolute Gasteiger partial charge is 0.224 e. The van der Waals surface area contributed by atoms with Crippen molar-refractivity contribution in [1.29, 1.82) is 0 Å². The first kappa shape index (κ1) is 17.2. The summed E-state index contributed by atoms with van der Waals surface area (Å²) in [5, 5.41) is 2.96. The fourth-order valence-electron chi connectivity index (χ4n) is 1.30. The molecule has 6 heteroatoms. The summed E-state index contributed by atoms with van der Waals surface area (Å²) in [7, 11) is 0. The number of benzene rings is 1. The molecule has 0 bridgehead atoms. The molecule has 18 heavy (non-hydrogen) atoms. The van der Waals surface area contributed by atoms with Crippen LogP contribution in [0.3, 0.4) is 0 Å². The number of hydrogen-bond acceptors (Lipinski definition) is 2. The molecule has 0 radical (unpaired) electrons. The van der Waals surface area contributed by atoms with Gasteiger partial charge in [-0.25, -0.2) is 4.39 Å². The van der Waals surface area contributed by atoms with E-state index in [0.717, 1.165) is 0 Å². The summed E-state index contributed by atoms with van der Waals surface area (Å²) in [6.45, 7) is 2.92. The molecular weight excluding hydrogens is 278 g/mol. The van der Waals surface area contributed by atoms with E-state index in [4.69, 9.17) is 17.3 Å². The highest BCUT2D eigenvalue weighted by molar-refractivity contribution is 6.31. The normalized spacial score (nSPS) is 11.6. The molecule has 1 atom stereocenters. The topological polar surface area (TPSA) is 55.1 Å².